The number of fused-ring (bicyclic) bond motifs is 6. The second-order valence-electron chi connectivity index (χ2n) is 11.1. The first kappa shape index (κ1) is 22.0. The molecule has 0 spiro atoms. The molecule has 0 aromatic heterocycles. The van der Waals surface area contributed by atoms with Gasteiger partial charge in [-0.25, -0.2) is 0 Å². The van der Waals surface area contributed by atoms with E-state index in [9.17, 15) is 0 Å². The van der Waals surface area contributed by atoms with E-state index in [1.54, 1.807) is 0 Å². The number of benzene rings is 2. The average molecular weight is 493 g/mol. The first-order valence-electron chi connectivity index (χ1n) is 14.1. The largest absolute Gasteiger partial charge is 0.337 e. The van der Waals surface area contributed by atoms with Gasteiger partial charge in [0.15, 0.2) is 0 Å². The zero-order chi connectivity index (χ0) is 25.1. The summed E-state index contributed by atoms with van der Waals surface area (Å²) in [7, 11) is 0. The van der Waals surface area contributed by atoms with E-state index in [1.165, 1.54) is 45.0 Å². The minimum absolute atomic E-state index is 0.397. The highest BCUT2D eigenvalue weighted by atomic mass is 15.2. The van der Waals surface area contributed by atoms with Gasteiger partial charge in [0.25, 0.3) is 0 Å². The smallest absolute Gasteiger partial charge is 0.0626 e. The van der Waals surface area contributed by atoms with Crippen molar-refractivity contribution in [2.24, 2.45) is 0 Å². The molecule has 0 saturated heterocycles. The Morgan fingerprint density at radius 3 is 1.37 bits per heavy atom. The predicted molar refractivity (Wildman–Crippen MR) is 158 cm³/mol. The third-order valence-corrected chi connectivity index (χ3v) is 9.20. The molecule has 0 N–H and O–H groups in total. The molecule has 4 unspecified atom stereocenters. The summed E-state index contributed by atoms with van der Waals surface area (Å²) in [5.41, 5.74) is 11.6. The van der Waals surface area contributed by atoms with Crippen molar-refractivity contribution in [2.45, 2.75) is 49.6 Å². The summed E-state index contributed by atoms with van der Waals surface area (Å²) in [5, 5.41) is 0. The molecule has 2 heterocycles. The van der Waals surface area contributed by atoms with Crippen LogP contribution >= 0.6 is 0 Å². The Bertz CT molecular complexity index is 1440. The number of anilines is 2. The normalized spacial score (nSPS) is 28.2. The topological polar surface area (TPSA) is 6.48 Å². The Morgan fingerprint density at radius 2 is 0.921 bits per heavy atom. The van der Waals surface area contributed by atoms with E-state index >= 15 is 0 Å². The van der Waals surface area contributed by atoms with Gasteiger partial charge in [0.1, 0.15) is 0 Å². The Balaban J connectivity index is 1.07. The van der Waals surface area contributed by atoms with Gasteiger partial charge in [0, 0.05) is 34.6 Å². The van der Waals surface area contributed by atoms with E-state index in [4.69, 9.17) is 0 Å². The van der Waals surface area contributed by atoms with Crippen molar-refractivity contribution in [3.8, 4) is 0 Å². The van der Waals surface area contributed by atoms with E-state index in [2.05, 4.69) is 131 Å². The lowest BCUT2D eigenvalue weighted by molar-refractivity contribution is 0.689. The van der Waals surface area contributed by atoms with Crippen LogP contribution in [0.2, 0.25) is 0 Å². The number of para-hydroxylation sites is 2. The fourth-order valence-electron chi connectivity index (χ4n) is 7.44. The van der Waals surface area contributed by atoms with Crippen LogP contribution in [0.15, 0.2) is 144 Å². The summed E-state index contributed by atoms with van der Waals surface area (Å²) >= 11 is 0. The summed E-state index contributed by atoms with van der Waals surface area (Å²) < 4.78 is 0. The van der Waals surface area contributed by atoms with Crippen molar-refractivity contribution in [1.29, 1.82) is 0 Å². The van der Waals surface area contributed by atoms with Gasteiger partial charge in [-0.1, -0.05) is 97.2 Å². The summed E-state index contributed by atoms with van der Waals surface area (Å²) in [5.74, 6) is 0.911. The molecule has 2 nitrogen and oxygen atoms in total. The van der Waals surface area contributed by atoms with E-state index in [0.717, 1.165) is 25.7 Å². The first-order chi connectivity index (χ1) is 18.9. The van der Waals surface area contributed by atoms with Gasteiger partial charge in [-0.2, -0.15) is 0 Å². The number of allylic oxidation sites excluding steroid dienone is 12. The molecule has 2 aliphatic heterocycles. The van der Waals surface area contributed by atoms with Crippen LogP contribution in [-0.2, 0) is 0 Å². The van der Waals surface area contributed by atoms with Crippen molar-refractivity contribution in [3.63, 3.8) is 0 Å². The lowest BCUT2D eigenvalue weighted by Gasteiger charge is -2.34. The van der Waals surface area contributed by atoms with Gasteiger partial charge in [-0.05, 0) is 72.2 Å². The molecule has 2 heteroatoms. The fraction of sp³-hybridized carbons (Fsp3) is 0.222. The number of rotatable bonds is 3. The van der Waals surface area contributed by atoms with Crippen LogP contribution in [0.25, 0.3) is 0 Å². The lowest BCUT2D eigenvalue weighted by atomic mass is 9.88. The van der Waals surface area contributed by atoms with Gasteiger partial charge in [-0.15, -0.1) is 0 Å². The zero-order valence-electron chi connectivity index (χ0n) is 21.6. The molecule has 2 aromatic carbocycles. The first-order valence-corrected chi connectivity index (χ1v) is 14.1. The molecule has 8 rings (SSSR count). The molecule has 0 saturated carbocycles. The fourth-order valence-corrected chi connectivity index (χ4v) is 7.44. The summed E-state index contributed by atoms with van der Waals surface area (Å²) in [6.07, 6.45) is 32.3. The molecule has 186 valence electrons. The van der Waals surface area contributed by atoms with Gasteiger partial charge in [0.05, 0.1) is 12.1 Å². The zero-order valence-corrected chi connectivity index (χ0v) is 21.6. The second kappa shape index (κ2) is 8.77. The molecular weight excluding hydrogens is 460 g/mol. The third-order valence-electron chi connectivity index (χ3n) is 9.20. The van der Waals surface area contributed by atoms with E-state index in [-0.39, 0.29) is 0 Å². The van der Waals surface area contributed by atoms with Crippen LogP contribution in [0.1, 0.15) is 48.6 Å². The van der Waals surface area contributed by atoms with E-state index in [0.29, 0.717) is 23.9 Å². The lowest BCUT2D eigenvalue weighted by Crippen LogP contribution is -2.33. The Hall–Kier alpha value is -4.04. The van der Waals surface area contributed by atoms with Crippen LogP contribution < -0.4 is 9.80 Å². The Labute approximate surface area is 225 Å². The molecule has 38 heavy (non-hydrogen) atoms. The van der Waals surface area contributed by atoms with Crippen LogP contribution in [0.5, 0.6) is 0 Å². The number of hydrogen-bond acceptors (Lipinski definition) is 2. The molecule has 0 amide bonds. The molecule has 2 aromatic rings. The summed E-state index contributed by atoms with van der Waals surface area (Å²) in [4.78, 5) is 5.18. The Kier molecular flexibility index (Phi) is 5.07. The maximum absolute atomic E-state index is 2.59. The van der Waals surface area contributed by atoms with Gasteiger partial charge in [-0.3, -0.25) is 0 Å². The van der Waals surface area contributed by atoms with E-state index < -0.39 is 0 Å². The third kappa shape index (κ3) is 3.33. The molecule has 4 aliphatic carbocycles. The van der Waals surface area contributed by atoms with Crippen molar-refractivity contribution in [2.75, 3.05) is 9.80 Å². The SMILES string of the molecule is C1=CC2c3ccccc3N(C3=CC=C(C4=CC=C(N5c6ccccc6C6C=CC=CC65)CC4)CC3)C2C=C1. The minimum Gasteiger partial charge on any atom is -0.337 e. The molecule has 0 radical (unpaired) electrons. The van der Waals surface area contributed by atoms with Crippen LogP contribution in [-0.4, -0.2) is 12.1 Å². The second-order valence-corrected chi connectivity index (χ2v) is 11.1. The van der Waals surface area contributed by atoms with Crippen molar-refractivity contribution in [3.05, 3.63) is 155 Å². The summed E-state index contributed by atoms with van der Waals surface area (Å²) in [6, 6.07) is 18.7. The maximum atomic E-state index is 2.59. The standard InChI is InChI=1S/C36H32N2/c1-5-13-33-29(9-1)30-10-2-6-14-34(30)37(33)27-21-17-25(18-22-27)26-19-23-28(24-20-26)38-35-15-7-3-11-31(35)32-12-4-8-16-36(32)38/h1-17,19,21,23,29,31,33,35H,18,20,22,24H2. The highest BCUT2D eigenvalue weighted by Gasteiger charge is 2.39. The number of nitrogens with zero attached hydrogens (tertiary/aromatic N) is 2. The van der Waals surface area contributed by atoms with Crippen molar-refractivity contribution < 1.29 is 0 Å². The summed E-state index contributed by atoms with van der Waals surface area (Å²) in [6.45, 7) is 0. The van der Waals surface area contributed by atoms with E-state index in [1.807, 2.05) is 0 Å². The van der Waals surface area contributed by atoms with Crippen LogP contribution in [0.3, 0.4) is 0 Å². The highest BCUT2D eigenvalue weighted by molar-refractivity contribution is 5.71. The van der Waals surface area contributed by atoms with Gasteiger partial charge < -0.3 is 9.80 Å². The molecule has 0 fully saturated rings. The molecule has 4 atom stereocenters. The van der Waals surface area contributed by atoms with Gasteiger partial charge in [0.2, 0.25) is 0 Å². The monoisotopic (exact) mass is 492 g/mol. The molecular formula is C36H32N2. The quantitative estimate of drug-likeness (QED) is 0.424. The average Bonchev–Trinajstić information content (AvgIpc) is 3.51. The maximum Gasteiger partial charge on any atom is 0.0626 e. The number of hydrogen-bond donors (Lipinski definition) is 0. The molecule has 0 bridgehead atoms. The van der Waals surface area contributed by atoms with Crippen LogP contribution in [0, 0.1) is 0 Å². The Morgan fingerprint density at radius 1 is 0.474 bits per heavy atom. The molecule has 6 aliphatic rings. The van der Waals surface area contributed by atoms with Gasteiger partial charge >= 0.3 is 0 Å². The van der Waals surface area contributed by atoms with Crippen molar-refractivity contribution >= 4 is 11.4 Å². The minimum atomic E-state index is 0.397. The predicted octanol–water partition coefficient (Wildman–Crippen LogP) is 8.39. The van der Waals surface area contributed by atoms with Crippen LogP contribution in [0.4, 0.5) is 11.4 Å². The van der Waals surface area contributed by atoms with Crippen molar-refractivity contribution in [1.82, 2.24) is 0 Å². The highest BCUT2D eigenvalue weighted by Crippen LogP contribution is 2.49.